The lowest BCUT2D eigenvalue weighted by Crippen LogP contribution is -2.70. The smallest absolute Gasteiger partial charge is 0.189 e. The zero-order chi connectivity index (χ0) is 23.9. The number of aliphatic hydroxyl groups is 3. The van der Waals surface area contributed by atoms with Crippen LogP contribution >= 0.6 is 0 Å². The molecule has 11 atom stereocenters. The Balaban J connectivity index is 1.47. The third-order valence-corrected chi connectivity index (χ3v) is 9.77. The van der Waals surface area contributed by atoms with E-state index in [1.807, 2.05) is 20.8 Å². The highest BCUT2D eigenvalue weighted by atomic mass is 16.7. The van der Waals surface area contributed by atoms with Gasteiger partial charge >= 0.3 is 0 Å². The van der Waals surface area contributed by atoms with Crippen molar-refractivity contribution >= 4 is 11.6 Å². The normalized spacial score (nSPS) is 53.4. The van der Waals surface area contributed by atoms with Gasteiger partial charge in [0.15, 0.2) is 12.6 Å². The molecular weight excluding hydrogens is 428 g/mol. The van der Waals surface area contributed by atoms with Gasteiger partial charge in [-0.3, -0.25) is 9.59 Å². The first-order valence-corrected chi connectivity index (χ1v) is 12.5. The Kier molecular flexibility index (Phi) is 5.63. The fraction of sp³-hybridized carbons (Fsp3) is 0.920. The summed E-state index contributed by atoms with van der Waals surface area (Å²) in [6.07, 6.45) is -1.27. The average Bonchev–Trinajstić information content (AvgIpc) is 3.00. The van der Waals surface area contributed by atoms with E-state index in [0.29, 0.717) is 32.1 Å². The van der Waals surface area contributed by atoms with Crippen LogP contribution in [0.1, 0.15) is 66.2 Å². The van der Waals surface area contributed by atoms with E-state index in [1.165, 1.54) is 0 Å². The molecule has 5 fully saturated rings. The largest absolute Gasteiger partial charge is 0.388 e. The molecule has 5 aliphatic rings. The van der Waals surface area contributed by atoms with Crippen molar-refractivity contribution in [3.8, 4) is 0 Å². The van der Waals surface area contributed by atoms with Crippen LogP contribution in [0.25, 0.3) is 0 Å². The first-order chi connectivity index (χ1) is 15.4. The van der Waals surface area contributed by atoms with Gasteiger partial charge in [0.25, 0.3) is 0 Å². The van der Waals surface area contributed by atoms with Crippen molar-refractivity contribution in [1.82, 2.24) is 0 Å². The van der Waals surface area contributed by atoms with Gasteiger partial charge in [0.05, 0.1) is 12.7 Å². The summed E-state index contributed by atoms with van der Waals surface area (Å²) in [6, 6.07) is 0. The predicted molar refractivity (Wildman–Crippen MR) is 116 cm³/mol. The number of aliphatic hydroxyl groups excluding tert-OH is 2. The number of hydrogen-bond acceptors (Lipinski definition) is 8. The van der Waals surface area contributed by atoms with Crippen molar-refractivity contribution in [2.75, 3.05) is 6.61 Å². The minimum absolute atomic E-state index is 0.0423. The second kappa shape index (κ2) is 7.80. The van der Waals surface area contributed by atoms with Crippen LogP contribution in [0.2, 0.25) is 0 Å². The fourth-order valence-electron chi connectivity index (χ4n) is 7.55. The molecular formula is C25H38O8. The number of rotatable bonds is 4. The van der Waals surface area contributed by atoms with Crippen molar-refractivity contribution < 1.29 is 39.1 Å². The van der Waals surface area contributed by atoms with Crippen molar-refractivity contribution in [3.63, 3.8) is 0 Å². The molecule has 2 aliphatic carbocycles. The lowest BCUT2D eigenvalue weighted by molar-refractivity contribution is -0.354. The predicted octanol–water partition coefficient (Wildman–Crippen LogP) is 1.57. The number of ketones is 2. The van der Waals surface area contributed by atoms with Crippen LogP contribution in [-0.4, -0.2) is 70.0 Å². The van der Waals surface area contributed by atoms with Gasteiger partial charge in [-0.2, -0.15) is 0 Å². The average molecular weight is 467 g/mol. The number of fused-ring (bicyclic) bond motifs is 2. The van der Waals surface area contributed by atoms with Gasteiger partial charge < -0.3 is 29.5 Å². The van der Waals surface area contributed by atoms with E-state index in [9.17, 15) is 24.9 Å². The van der Waals surface area contributed by atoms with Gasteiger partial charge in [-0.25, -0.2) is 0 Å². The van der Waals surface area contributed by atoms with Gasteiger partial charge in [-0.1, -0.05) is 27.7 Å². The molecule has 11 unspecified atom stereocenters. The summed E-state index contributed by atoms with van der Waals surface area (Å²) in [5.74, 6) is -0.929. The van der Waals surface area contributed by atoms with E-state index in [1.54, 1.807) is 0 Å². The zero-order valence-corrected chi connectivity index (χ0v) is 20.0. The van der Waals surface area contributed by atoms with Crippen LogP contribution < -0.4 is 0 Å². The third kappa shape index (κ3) is 3.24. The Morgan fingerprint density at radius 1 is 1.12 bits per heavy atom. The van der Waals surface area contributed by atoms with E-state index in [4.69, 9.17) is 14.2 Å². The molecule has 5 rings (SSSR count). The Hall–Kier alpha value is -0.900. The molecule has 8 nitrogen and oxygen atoms in total. The molecule has 0 spiro atoms. The standard InChI is InChI=1S/C25H38O8/c1-12(2)15(26)7-8-23(3)9-10-24(4)14(18(23)28)6-5-13-17-20(24)33-22-25(17,30)19(32-21(13)29)16(27)11-31-22/h12-14,16-17,19-22,27,29-30H,5-11H2,1-4H3. The molecule has 0 aromatic carbocycles. The monoisotopic (exact) mass is 466 g/mol. The minimum Gasteiger partial charge on any atom is -0.388 e. The molecule has 186 valence electrons. The molecule has 3 heterocycles. The number of hydrogen-bond donors (Lipinski definition) is 3. The van der Waals surface area contributed by atoms with Gasteiger partial charge in [0.2, 0.25) is 0 Å². The molecule has 0 amide bonds. The summed E-state index contributed by atoms with van der Waals surface area (Å²) in [4.78, 5) is 26.2. The molecule has 3 saturated heterocycles. The second-order valence-corrected chi connectivity index (χ2v) is 12.0. The van der Waals surface area contributed by atoms with Crippen molar-refractivity contribution in [2.24, 2.45) is 34.5 Å². The summed E-state index contributed by atoms with van der Waals surface area (Å²) in [5.41, 5.74) is -2.68. The molecule has 0 aromatic rings. The van der Waals surface area contributed by atoms with E-state index in [-0.39, 0.29) is 30.0 Å². The highest BCUT2D eigenvalue weighted by molar-refractivity contribution is 5.89. The van der Waals surface area contributed by atoms with Crippen LogP contribution in [0, 0.1) is 34.5 Å². The summed E-state index contributed by atoms with van der Waals surface area (Å²) in [7, 11) is 0. The van der Waals surface area contributed by atoms with Crippen LogP contribution in [0.3, 0.4) is 0 Å². The minimum atomic E-state index is -1.57. The van der Waals surface area contributed by atoms with Crippen LogP contribution in [0.15, 0.2) is 0 Å². The quantitative estimate of drug-likeness (QED) is 0.571. The number of carbonyl (C=O) groups is 2. The molecule has 0 aromatic heterocycles. The SMILES string of the molecule is CC(C)C(=O)CCC1(C)CCC2(C)C(CCC3C(O)OC4C(O)COC5OC2C3C54O)C1=O. The van der Waals surface area contributed by atoms with Gasteiger partial charge in [-0.05, 0) is 32.1 Å². The first kappa shape index (κ1) is 23.8. The van der Waals surface area contributed by atoms with Gasteiger partial charge in [0, 0.05) is 40.9 Å². The Bertz CT molecular complexity index is 829. The summed E-state index contributed by atoms with van der Waals surface area (Å²) >= 11 is 0. The Labute approximate surface area is 195 Å². The molecule has 2 saturated carbocycles. The maximum Gasteiger partial charge on any atom is 0.189 e. The van der Waals surface area contributed by atoms with Crippen LogP contribution in [0.5, 0.6) is 0 Å². The molecule has 3 N–H and O–H groups in total. The van der Waals surface area contributed by atoms with Crippen molar-refractivity contribution in [3.05, 3.63) is 0 Å². The van der Waals surface area contributed by atoms with Crippen LogP contribution in [-0.2, 0) is 23.8 Å². The van der Waals surface area contributed by atoms with Gasteiger partial charge in [0.1, 0.15) is 29.4 Å². The molecule has 8 heteroatoms. The van der Waals surface area contributed by atoms with Crippen molar-refractivity contribution in [1.29, 1.82) is 0 Å². The van der Waals surface area contributed by atoms with E-state index >= 15 is 0 Å². The Morgan fingerprint density at radius 3 is 2.55 bits per heavy atom. The lowest BCUT2D eigenvalue weighted by Gasteiger charge is -2.53. The number of ether oxygens (including phenoxy) is 3. The molecule has 0 bridgehead atoms. The number of Topliss-reactive ketones (excluding diaryl/α,β-unsaturated/α-hetero) is 2. The fourth-order valence-corrected chi connectivity index (χ4v) is 7.55. The topological polar surface area (TPSA) is 123 Å². The third-order valence-electron chi connectivity index (χ3n) is 9.77. The van der Waals surface area contributed by atoms with E-state index in [0.717, 1.165) is 6.42 Å². The lowest BCUT2D eigenvalue weighted by atomic mass is 9.53. The van der Waals surface area contributed by atoms with Gasteiger partial charge in [-0.15, -0.1) is 0 Å². The highest BCUT2D eigenvalue weighted by Gasteiger charge is 2.74. The molecule has 33 heavy (non-hydrogen) atoms. The maximum absolute atomic E-state index is 13.9. The summed E-state index contributed by atoms with van der Waals surface area (Å²) < 4.78 is 17.8. The first-order valence-electron chi connectivity index (χ1n) is 12.5. The van der Waals surface area contributed by atoms with E-state index in [2.05, 4.69) is 6.92 Å². The van der Waals surface area contributed by atoms with Crippen molar-refractivity contribution in [2.45, 2.75) is 103 Å². The van der Waals surface area contributed by atoms with E-state index < -0.39 is 59.2 Å². The van der Waals surface area contributed by atoms with Crippen LogP contribution in [0.4, 0.5) is 0 Å². The highest BCUT2D eigenvalue weighted by Crippen LogP contribution is 2.64. The molecule has 0 radical (unpaired) electrons. The maximum atomic E-state index is 13.9. The Morgan fingerprint density at radius 2 is 1.85 bits per heavy atom. The summed E-state index contributed by atoms with van der Waals surface area (Å²) in [5, 5.41) is 33.1. The second-order valence-electron chi connectivity index (χ2n) is 12.0. The summed E-state index contributed by atoms with van der Waals surface area (Å²) in [6.45, 7) is 7.78. The zero-order valence-electron chi connectivity index (χ0n) is 20.0. The number of carbonyl (C=O) groups excluding carboxylic acids is 2. The molecule has 3 aliphatic heterocycles.